The molecule has 18 heavy (non-hydrogen) atoms. The third-order valence-electron chi connectivity index (χ3n) is 3.90. The van der Waals surface area contributed by atoms with Crippen LogP contribution >= 0.6 is 0 Å². The van der Waals surface area contributed by atoms with Gasteiger partial charge in [0.25, 0.3) is 0 Å². The predicted molar refractivity (Wildman–Crippen MR) is 79.1 cm³/mol. The fraction of sp³-hybridized carbons (Fsp3) is 0.625. The number of anilines is 1. The van der Waals surface area contributed by atoms with E-state index in [-0.39, 0.29) is 0 Å². The predicted octanol–water partition coefficient (Wildman–Crippen LogP) is 3.42. The molecule has 2 rings (SSSR count). The van der Waals surface area contributed by atoms with Crippen LogP contribution in [0.2, 0.25) is 0 Å². The van der Waals surface area contributed by atoms with E-state index in [1.807, 2.05) is 0 Å². The SMILES string of the molecule is CCNCc1ccc(N2CCCC(C)CC2)cc1. The zero-order chi connectivity index (χ0) is 12.8. The van der Waals surface area contributed by atoms with Gasteiger partial charge in [0.15, 0.2) is 0 Å². The average Bonchev–Trinajstić information content (AvgIpc) is 2.62. The van der Waals surface area contributed by atoms with Crippen LogP contribution in [0.15, 0.2) is 24.3 Å². The van der Waals surface area contributed by atoms with Crippen LogP contribution in [0.25, 0.3) is 0 Å². The number of benzene rings is 1. The maximum absolute atomic E-state index is 3.37. The molecule has 1 aromatic carbocycles. The van der Waals surface area contributed by atoms with Gasteiger partial charge < -0.3 is 10.2 Å². The lowest BCUT2D eigenvalue weighted by atomic mass is 10.0. The van der Waals surface area contributed by atoms with Gasteiger partial charge in [-0.1, -0.05) is 26.0 Å². The van der Waals surface area contributed by atoms with Crippen LogP contribution in [0, 0.1) is 5.92 Å². The molecule has 0 radical (unpaired) electrons. The summed E-state index contributed by atoms with van der Waals surface area (Å²) in [6.45, 7) is 8.97. The summed E-state index contributed by atoms with van der Waals surface area (Å²) in [7, 11) is 0. The second kappa shape index (κ2) is 6.79. The molecule has 1 N–H and O–H groups in total. The first-order valence-electron chi connectivity index (χ1n) is 7.34. The number of hydrogen-bond donors (Lipinski definition) is 1. The van der Waals surface area contributed by atoms with Crippen molar-refractivity contribution in [3.63, 3.8) is 0 Å². The number of hydrogen-bond acceptors (Lipinski definition) is 2. The molecule has 0 amide bonds. The van der Waals surface area contributed by atoms with Crippen LogP contribution in [-0.4, -0.2) is 19.6 Å². The maximum Gasteiger partial charge on any atom is 0.0366 e. The lowest BCUT2D eigenvalue weighted by Crippen LogP contribution is -2.24. The number of nitrogens with one attached hydrogen (secondary N) is 1. The van der Waals surface area contributed by atoms with E-state index in [1.165, 1.54) is 43.6 Å². The Morgan fingerprint density at radius 3 is 2.67 bits per heavy atom. The van der Waals surface area contributed by atoms with Crippen molar-refractivity contribution in [1.82, 2.24) is 5.32 Å². The van der Waals surface area contributed by atoms with E-state index in [0.717, 1.165) is 19.0 Å². The van der Waals surface area contributed by atoms with E-state index < -0.39 is 0 Å². The van der Waals surface area contributed by atoms with Crippen molar-refractivity contribution in [2.45, 2.75) is 39.7 Å². The van der Waals surface area contributed by atoms with E-state index in [9.17, 15) is 0 Å². The summed E-state index contributed by atoms with van der Waals surface area (Å²) < 4.78 is 0. The van der Waals surface area contributed by atoms with Gasteiger partial charge in [-0.15, -0.1) is 0 Å². The van der Waals surface area contributed by atoms with Gasteiger partial charge in [0.2, 0.25) is 0 Å². The topological polar surface area (TPSA) is 15.3 Å². The minimum absolute atomic E-state index is 0.892. The van der Waals surface area contributed by atoms with Crippen LogP contribution in [-0.2, 0) is 6.54 Å². The lowest BCUT2D eigenvalue weighted by Gasteiger charge is -2.23. The highest BCUT2D eigenvalue weighted by atomic mass is 15.1. The van der Waals surface area contributed by atoms with Crippen molar-refractivity contribution in [2.24, 2.45) is 5.92 Å². The summed E-state index contributed by atoms with van der Waals surface area (Å²) in [6.07, 6.45) is 4.05. The maximum atomic E-state index is 3.37. The van der Waals surface area contributed by atoms with Crippen LogP contribution < -0.4 is 10.2 Å². The Balaban J connectivity index is 1.95. The zero-order valence-corrected chi connectivity index (χ0v) is 11.8. The minimum atomic E-state index is 0.892. The molecule has 1 aliphatic rings. The molecule has 1 unspecified atom stereocenters. The molecule has 0 aromatic heterocycles. The molecular weight excluding hydrogens is 220 g/mol. The molecule has 100 valence electrons. The van der Waals surface area contributed by atoms with E-state index in [4.69, 9.17) is 0 Å². The molecule has 0 bridgehead atoms. The van der Waals surface area contributed by atoms with Crippen molar-refractivity contribution in [1.29, 1.82) is 0 Å². The molecule has 1 aliphatic heterocycles. The fourth-order valence-corrected chi connectivity index (χ4v) is 2.62. The van der Waals surface area contributed by atoms with Crippen LogP contribution in [0.4, 0.5) is 5.69 Å². The first kappa shape index (κ1) is 13.4. The highest BCUT2D eigenvalue weighted by molar-refractivity contribution is 5.47. The van der Waals surface area contributed by atoms with Gasteiger partial charge in [0, 0.05) is 25.3 Å². The Morgan fingerprint density at radius 2 is 1.94 bits per heavy atom. The molecule has 0 saturated carbocycles. The summed E-state index contributed by atoms with van der Waals surface area (Å²) in [4.78, 5) is 2.54. The molecule has 0 spiro atoms. The lowest BCUT2D eigenvalue weighted by molar-refractivity contribution is 0.521. The van der Waals surface area contributed by atoms with Gasteiger partial charge >= 0.3 is 0 Å². The highest BCUT2D eigenvalue weighted by Gasteiger charge is 2.13. The van der Waals surface area contributed by atoms with Gasteiger partial charge in [-0.25, -0.2) is 0 Å². The van der Waals surface area contributed by atoms with Crippen molar-refractivity contribution >= 4 is 5.69 Å². The first-order valence-corrected chi connectivity index (χ1v) is 7.34. The first-order chi connectivity index (χ1) is 8.79. The van der Waals surface area contributed by atoms with Crippen LogP contribution in [0.3, 0.4) is 0 Å². The third kappa shape index (κ3) is 3.74. The monoisotopic (exact) mass is 246 g/mol. The van der Waals surface area contributed by atoms with E-state index in [0.29, 0.717) is 0 Å². The average molecular weight is 246 g/mol. The Morgan fingerprint density at radius 1 is 1.17 bits per heavy atom. The zero-order valence-electron chi connectivity index (χ0n) is 11.8. The third-order valence-corrected chi connectivity index (χ3v) is 3.90. The summed E-state index contributed by atoms with van der Waals surface area (Å²) in [5, 5.41) is 3.37. The van der Waals surface area contributed by atoms with Crippen molar-refractivity contribution in [3.8, 4) is 0 Å². The molecule has 0 aliphatic carbocycles. The molecule has 1 atom stereocenters. The fourth-order valence-electron chi connectivity index (χ4n) is 2.62. The Bertz CT molecular complexity index is 345. The molecular formula is C16H26N2. The number of nitrogens with zero attached hydrogens (tertiary/aromatic N) is 1. The van der Waals surface area contributed by atoms with E-state index in [1.54, 1.807) is 0 Å². The second-order valence-electron chi connectivity index (χ2n) is 5.47. The summed E-state index contributed by atoms with van der Waals surface area (Å²) >= 11 is 0. The van der Waals surface area contributed by atoms with Crippen LogP contribution in [0.1, 0.15) is 38.7 Å². The second-order valence-corrected chi connectivity index (χ2v) is 5.47. The Labute approximate surface area is 111 Å². The van der Waals surface area contributed by atoms with Gasteiger partial charge in [0.05, 0.1) is 0 Å². The van der Waals surface area contributed by atoms with Gasteiger partial charge in [0.1, 0.15) is 0 Å². The molecule has 2 nitrogen and oxygen atoms in total. The standard InChI is InChI=1S/C16H26N2/c1-3-17-13-15-6-8-16(9-7-15)18-11-4-5-14(2)10-12-18/h6-9,14,17H,3-5,10-13H2,1-2H3. The number of rotatable bonds is 4. The smallest absolute Gasteiger partial charge is 0.0366 e. The van der Waals surface area contributed by atoms with Crippen molar-refractivity contribution in [3.05, 3.63) is 29.8 Å². The normalized spacial score (nSPS) is 20.8. The molecule has 1 aromatic rings. The molecule has 1 saturated heterocycles. The van der Waals surface area contributed by atoms with Gasteiger partial charge in [-0.2, -0.15) is 0 Å². The summed E-state index contributed by atoms with van der Waals surface area (Å²) in [6, 6.07) is 9.07. The van der Waals surface area contributed by atoms with E-state index in [2.05, 4.69) is 48.3 Å². The Kier molecular flexibility index (Phi) is 5.06. The van der Waals surface area contributed by atoms with Gasteiger partial charge in [-0.3, -0.25) is 0 Å². The van der Waals surface area contributed by atoms with Crippen molar-refractivity contribution in [2.75, 3.05) is 24.5 Å². The quantitative estimate of drug-likeness (QED) is 0.875. The van der Waals surface area contributed by atoms with Gasteiger partial charge in [-0.05, 0) is 49.4 Å². The largest absolute Gasteiger partial charge is 0.372 e. The molecule has 1 heterocycles. The summed E-state index contributed by atoms with van der Waals surface area (Å²) in [5.41, 5.74) is 2.77. The van der Waals surface area contributed by atoms with Crippen molar-refractivity contribution < 1.29 is 0 Å². The van der Waals surface area contributed by atoms with Crippen LogP contribution in [0.5, 0.6) is 0 Å². The summed E-state index contributed by atoms with van der Waals surface area (Å²) in [5.74, 6) is 0.892. The minimum Gasteiger partial charge on any atom is -0.372 e. The highest BCUT2D eigenvalue weighted by Crippen LogP contribution is 2.22. The molecule has 2 heteroatoms. The molecule has 1 fully saturated rings. The Hall–Kier alpha value is -1.02. The van der Waals surface area contributed by atoms with E-state index >= 15 is 0 Å².